The molecular formula is C21H20ClN3O3S. The summed E-state index contributed by atoms with van der Waals surface area (Å²) in [5, 5.41) is 3.82. The van der Waals surface area contributed by atoms with Crippen LogP contribution in [-0.4, -0.2) is 33.8 Å². The number of amides is 1. The van der Waals surface area contributed by atoms with Crippen LogP contribution in [0.2, 0.25) is 5.02 Å². The molecule has 6 nitrogen and oxygen atoms in total. The van der Waals surface area contributed by atoms with E-state index < -0.39 is 11.9 Å². The van der Waals surface area contributed by atoms with E-state index >= 15 is 0 Å². The molecule has 0 radical (unpaired) electrons. The molecule has 1 aromatic heterocycles. The van der Waals surface area contributed by atoms with Crippen LogP contribution in [0.4, 0.5) is 5.82 Å². The normalized spacial score (nSPS) is 10.8. The highest BCUT2D eigenvalue weighted by molar-refractivity contribution is 7.98. The molecule has 8 heteroatoms. The van der Waals surface area contributed by atoms with E-state index in [2.05, 4.69) is 10.3 Å². The number of carbonyl (C=O) groups is 2. The number of carbonyl (C=O) groups excluding carboxylic acids is 2. The predicted molar refractivity (Wildman–Crippen MR) is 115 cm³/mol. The van der Waals surface area contributed by atoms with Gasteiger partial charge >= 0.3 is 5.97 Å². The van der Waals surface area contributed by atoms with Gasteiger partial charge in [0, 0.05) is 16.3 Å². The molecule has 0 fully saturated rings. The Morgan fingerprint density at radius 3 is 2.34 bits per heavy atom. The van der Waals surface area contributed by atoms with Crippen LogP contribution >= 0.6 is 23.4 Å². The maximum Gasteiger partial charge on any atom is 0.359 e. The van der Waals surface area contributed by atoms with E-state index in [1.165, 1.54) is 11.8 Å². The standard InChI is InChI=1S/C21H20ClN3O3S/c1-13(2)28-20(27)17-18(23-19(26)14-9-11-15(22)12-10-14)24-21(29-3)25(17)16-7-5-4-6-8-16/h4-13H,1-3H3,(H,23,26). The summed E-state index contributed by atoms with van der Waals surface area (Å²) in [6.45, 7) is 3.53. The number of halogens is 1. The molecule has 0 spiro atoms. The minimum atomic E-state index is -0.567. The SMILES string of the molecule is CSc1nc(NC(=O)c2ccc(Cl)cc2)c(C(=O)OC(C)C)n1-c1ccccc1. The van der Waals surface area contributed by atoms with Gasteiger partial charge < -0.3 is 10.1 Å². The molecule has 1 N–H and O–H groups in total. The Balaban J connectivity index is 2.08. The maximum absolute atomic E-state index is 12.9. The summed E-state index contributed by atoms with van der Waals surface area (Å²) in [5.41, 5.74) is 1.31. The fourth-order valence-corrected chi connectivity index (χ4v) is 3.37. The van der Waals surface area contributed by atoms with E-state index in [9.17, 15) is 9.59 Å². The Morgan fingerprint density at radius 2 is 1.76 bits per heavy atom. The first-order chi connectivity index (χ1) is 13.9. The first-order valence-corrected chi connectivity index (χ1v) is 10.5. The Labute approximate surface area is 178 Å². The third-order valence-corrected chi connectivity index (χ3v) is 4.81. The number of thioether (sulfide) groups is 1. The number of para-hydroxylation sites is 1. The van der Waals surface area contributed by atoms with Gasteiger partial charge in [-0.1, -0.05) is 41.6 Å². The van der Waals surface area contributed by atoms with Gasteiger partial charge in [-0.05, 0) is 56.5 Å². The van der Waals surface area contributed by atoms with Crippen molar-refractivity contribution < 1.29 is 14.3 Å². The lowest BCUT2D eigenvalue weighted by atomic mass is 10.2. The summed E-state index contributed by atoms with van der Waals surface area (Å²) >= 11 is 7.25. The average Bonchev–Trinajstić information content (AvgIpc) is 3.07. The van der Waals surface area contributed by atoms with Crippen molar-refractivity contribution in [2.75, 3.05) is 11.6 Å². The number of nitrogens with zero attached hydrogens (tertiary/aromatic N) is 2. The first kappa shape index (κ1) is 21.0. The topological polar surface area (TPSA) is 73.2 Å². The number of anilines is 1. The van der Waals surface area contributed by atoms with E-state index in [1.807, 2.05) is 36.6 Å². The Bertz CT molecular complexity index is 1020. The Hall–Kier alpha value is -2.77. The molecule has 29 heavy (non-hydrogen) atoms. The molecule has 0 aliphatic rings. The number of rotatable bonds is 6. The molecule has 3 aromatic rings. The number of ether oxygens (including phenoxy) is 1. The lowest BCUT2D eigenvalue weighted by Crippen LogP contribution is -2.20. The van der Waals surface area contributed by atoms with Crippen molar-refractivity contribution >= 4 is 41.1 Å². The summed E-state index contributed by atoms with van der Waals surface area (Å²) in [6, 6.07) is 15.8. The number of imidazole rings is 1. The van der Waals surface area contributed by atoms with E-state index in [1.54, 1.807) is 42.7 Å². The lowest BCUT2D eigenvalue weighted by Gasteiger charge is -2.13. The number of hydrogen-bond acceptors (Lipinski definition) is 5. The molecule has 0 saturated carbocycles. The van der Waals surface area contributed by atoms with E-state index in [0.717, 1.165) is 5.69 Å². The second-order valence-electron chi connectivity index (χ2n) is 6.38. The van der Waals surface area contributed by atoms with Crippen molar-refractivity contribution in [1.29, 1.82) is 0 Å². The van der Waals surface area contributed by atoms with Crippen LogP contribution in [-0.2, 0) is 4.74 Å². The van der Waals surface area contributed by atoms with Gasteiger partial charge in [0.25, 0.3) is 5.91 Å². The molecule has 0 unspecified atom stereocenters. The van der Waals surface area contributed by atoms with Gasteiger partial charge in [-0.2, -0.15) is 0 Å². The second kappa shape index (κ2) is 9.15. The Morgan fingerprint density at radius 1 is 1.10 bits per heavy atom. The van der Waals surface area contributed by atoms with Crippen molar-refractivity contribution in [1.82, 2.24) is 9.55 Å². The number of esters is 1. The van der Waals surface area contributed by atoms with Crippen molar-refractivity contribution in [3.05, 3.63) is 70.9 Å². The molecule has 1 amide bonds. The fourth-order valence-electron chi connectivity index (χ4n) is 2.68. The molecule has 0 aliphatic carbocycles. The molecule has 1 heterocycles. The van der Waals surface area contributed by atoms with Crippen molar-refractivity contribution in [2.45, 2.75) is 25.1 Å². The molecule has 150 valence electrons. The molecule has 3 rings (SSSR count). The summed E-state index contributed by atoms with van der Waals surface area (Å²) in [5.74, 6) is -0.822. The average molecular weight is 430 g/mol. The van der Waals surface area contributed by atoms with Crippen molar-refractivity contribution in [3.63, 3.8) is 0 Å². The predicted octanol–water partition coefficient (Wildman–Crippen LogP) is 5.07. The van der Waals surface area contributed by atoms with Crippen LogP contribution in [0.3, 0.4) is 0 Å². The minimum Gasteiger partial charge on any atom is -0.458 e. The summed E-state index contributed by atoms with van der Waals surface area (Å²) in [7, 11) is 0. The molecule has 0 saturated heterocycles. The smallest absolute Gasteiger partial charge is 0.359 e. The first-order valence-electron chi connectivity index (χ1n) is 8.90. The van der Waals surface area contributed by atoms with Gasteiger partial charge in [0.05, 0.1) is 6.10 Å². The minimum absolute atomic E-state index is 0.142. The highest BCUT2D eigenvalue weighted by atomic mass is 35.5. The van der Waals surface area contributed by atoms with Crippen molar-refractivity contribution in [2.24, 2.45) is 0 Å². The van der Waals surface area contributed by atoms with Crippen LogP contribution in [0.25, 0.3) is 5.69 Å². The number of hydrogen-bond donors (Lipinski definition) is 1. The zero-order chi connectivity index (χ0) is 21.0. The highest BCUT2D eigenvalue weighted by Crippen LogP contribution is 2.29. The van der Waals surface area contributed by atoms with E-state index in [-0.39, 0.29) is 17.6 Å². The highest BCUT2D eigenvalue weighted by Gasteiger charge is 2.27. The molecule has 0 bridgehead atoms. The quantitative estimate of drug-likeness (QED) is 0.437. The van der Waals surface area contributed by atoms with E-state index in [4.69, 9.17) is 16.3 Å². The van der Waals surface area contributed by atoms with Gasteiger partial charge in [0.15, 0.2) is 16.7 Å². The summed E-state index contributed by atoms with van der Waals surface area (Å²) in [6.07, 6.45) is 1.53. The molecule has 2 aromatic carbocycles. The summed E-state index contributed by atoms with van der Waals surface area (Å²) in [4.78, 5) is 30.1. The van der Waals surface area contributed by atoms with Crippen LogP contribution in [0.5, 0.6) is 0 Å². The van der Waals surface area contributed by atoms with Gasteiger partial charge in [0.1, 0.15) is 0 Å². The zero-order valence-electron chi connectivity index (χ0n) is 16.2. The third kappa shape index (κ3) is 4.81. The molecule has 0 atom stereocenters. The molecule has 0 aliphatic heterocycles. The van der Waals surface area contributed by atoms with Gasteiger partial charge in [-0.15, -0.1) is 0 Å². The van der Waals surface area contributed by atoms with Gasteiger partial charge in [-0.3, -0.25) is 9.36 Å². The summed E-state index contributed by atoms with van der Waals surface area (Å²) < 4.78 is 7.11. The van der Waals surface area contributed by atoms with E-state index in [0.29, 0.717) is 15.7 Å². The van der Waals surface area contributed by atoms with Crippen LogP contribution in [0.15, 0.2) is 59.8 Å². The maximum atomic E-state index is 12.9. The number of nitrogens with one attached hydrogen (secondary N) is 1. The zero-order valence-corrected chi connectivity index (χ0v) is 17.8. The van der Waals surface area contributed by atoms with Crippen LogP contribution in [0, 0.1) is 0 Å². The number of benzene rings is 2. The van der Waals surface area contributed by atoms with Gasteiger partial charge in [0.2, 0.25) is 0 Å². The van der Waals surface area contributed by atoms with Crippen LogP contribution < -0.4 is 5.32 Å². The number of aromatic nitrogens is 2. The second-order valence-corrected chi connectivity index (χ2v) is 7.59. The third-order valence-electron chi connectivity index (χ3n) is 3.92. The van der Waals surface area contributed by atoms with Crippen molar-refractivity contribution in [3.8, 4) is 5.69 Å². The fraction of sp³-hybridized carbons (Fsp3) is 0.190. The lowest BCUT2D eigenvalue weighted by molar-refractivity contribution is 0.0369. The monoisotopic (exact) mass is 429 g/mol. The van der Waals surface area contributed by atoms with Gasteiger partial charge in [-0.25, -0.2) is 9.78 Å². The largest absolute Gasteiger partial charge is 0.458 e. The Kier molecular flexibility index (Phi) is 6.61. The van der Waals surface area contributed by atoms with Crippen LogP contribution in [0.1, 0.15) is 34.7 Å². The molecular weight excluding hydrogens is 410 g/mol.